The van der Waals surface area contributed by atoms with Gasteiger partial charge in [0, 0.05) is 6.04 Å². The number of rotatable bonds is 3. The molecule has 94 valence electrons. The van der Waals surface area contributed by atoms with E-state index >= 15 is 0 Å². The Labute approximate surface area is 99.2 Å². The molecule has 0 saturated heterocycles. The lowest BCUT2D eigenvalue weighted by molar-refractivity contribution is -0.366. The summed E-state index contributed by atoms with van der Waals surface area (Å²) < 4.78 is 0. The lowest BCUT2D eigenvalue weighted by Gasteiger charge is -2.37. The Morgan fingerprint density at radius 1 is 1.25 bits per heavy atom. The van der Waals surface area contributed by atoms with Gasteiger partial charge in [0.2, 0.25) is 5.91 Å². The zero-order chi connectivity index (χ0) is 12.2. The molecule has 0 spiro atoms. The lowest BCUT2D eigenvalue weighted by atomic mass is 9.71. The fraction of sp³-hybridized carbons (Fsp3) is 0.923. The van der Waals surface area contributed by atoms with Crippen molar-refractivity contribution in [2.75, 3.05) is 6.54 Å². The summed E-state index contributed by atoms with van der Waals surface area (Å²) in [5.41, 5.74) is 4.12. The van der Waals surface area contributed by atoms with E-state index in [-0.39, 0.29) is 5.91 Å². The van der Waals surface area contributed by atoms with Gasteiger partial charge in [-0.3, -0.25) is 4.79 Å². The second kappa shape index (κ2) is 5.67. The molecule has 0 bridgehead atoms. The maximum atomic E-state index is 11.4. The van der Waals surface area contributed by atoms with Crippen molar-refractivity contribution >= 4 is 5.91 Å². The minimum absolute atomic E-state index is 0.175. The summed E-state index contributed by atoms with van der Waals surface area (Å²) in [4.78, 5) is 11.4. The first kappa shape index (κ1) is 13.5. The van der Waals surface area contributed by atoms with Crippen LogP contribution in [0.4, 0.5) is 0 Å². The molecule has 1 aliphatic carbocycles. The molecule has 16 heavy (non-hydrogen) atoms. The van der Waals surface area contributed by atoms with Crippen LogP contribution in [0.15, 0.2) is 0 Å². The van der Waals surface area contributed by atoms with Crippen molar-refractivity contribution in [2.45, 2.75) is 58.9 Å². The summed E-state index contributed by atoms with van der Waals surface area (Å²) in [7, 11) is 0. The topological polar surface area (TPSA) is 56.7 Å². The van der Waals surface area contributed by atoms with Crippen LogP contribution in [0, 0.1) is 11.3 Å². The summed E-state index contributed by atoms with van der Waals surface area (Å²) in [6.45, 7) is 7.65. The molecule has 1 saturated carbocycles. The smallest absolute Gasteiger partial charge is 0.225 e. The van der Waals surface area contributed by atoms with Gasteiger partial charge < -0.3 is 11.1 Å². The first-order chi connectivity index (χ1) is 7.43. The average molecular weight is 227 g/mol. The first-order valence-electron chi connectivity index (χ1n) is 6.52. The van der Waals surface area contributed by atoms with E-state index in [0.29, 0.717) is 24.4 Å². The fourth-order valence-electron chi connectivity index (χ4n) is 2.56. The van der Waals surface area contributed by atoms with E-state index in [2.05, 4.69) is 31.8 Å². The van der Waals surface area contributed by atoms with Crippen LogP contribution in [0.2, 0.25) is 0 Å². The van der Waals surface area contributed by atoms with Crippen LogP contribution in [-0.4, -0.2) is 18.5 Å². The third-order valence-corrected chi connectivity index (χ3v) is 3.72. The molecule has 0 aliphatic heterocycles. The summed E-state index contributed by atoms with van der Waals surface area (Å²) in [5.74, 6) is 0.989. The molecular weight excluding hydrogens is 200 g/mol. The lowest BCUT2D eigenvalue weighted by Crippen LogP contribution is -2.52. The Bertz CT molecular complexity index is 225. The molecule has 3 heteroatoms. The second-order valence-electron chi connectivity index (χ2n) is 6.09. The fourth-order valence-corrected chi connectivity index (χ4v) is 2.56. The number of amides is 1. The molecule has 0 atom stereocenters. The summed E-state index contributed by atoms with van der Waals surface area (Å²) in [6, 6.07) is 0.414. The number of nitrogens with one attached hydrogen (secondary N) is 1. The van der Waals surface area contributed by atoms with Gasteiger partial charge in [0.05, 0.1) is 13.0 Å². The zero-order valence-corrected chi connectivity index (χ0v) is 11.0. The Kier molecular flexibility index (Phi) is 4.78. The predicted octanol–water partition coefficient (Wildman–Crippen LogP) is 1.34. The van der Waals surface area contributed by atoms with Crippen LogP contribution in [0.25, 0.3) is 0 Å². The van der Waals surface area contributed by atoms with E-state index in [9.17, 15) is 4.79 Å². The van der Waals surface area contributed by atoms with E-state index in [1.807, 2.05) is 0 Å². The van der Waals surface area contributed by atoms with E-state index < -0.39 is 0 Å². The van der Waals surface area contributed by atoms with Crippen LogP contribution in [0.5, 0.6) is 0 Å². The minimum Gasteiger partial charge on any atom is -0.357 e. The Hall–Kier alpha value is -0.570. The maximum Gasteiger partial charge on any atom is 0.225 e. The van der Waals surface area contributed by atoms with Crippen LogP contribution >= 0.6 is 0 Å². The molecule has 0 aromatic heterocycles. The number of hydrogen-bond acceptors (Lipinski definition) is 1. The van der Waals surface area contributed by atoms with Gasteiger partial charge >= 0.3 is 0 Å². The molecular formula is C13H27N2O+. The summed E-state index contributed by atoms with van der Waals surface area (Å²) in [5, 5.41) is 3.11. The van der Waals surface area contributed by atoms with E-state index in [1.165, 1.54) is 12.8 Å². The van der Waals surface area contributed by atoms with Crippen molar-refractivity contribution in [3.8, 4) is 0 Å². The SMILES string of the molecule is CC(C)(C)C1CCC(NC(=O)CC[NH3+])CC1. The van der Waals surface area contributed by atoms with Gasteiger partial charge in [-0.2, -0.15) is 0 Å². The molecule has 0 heterocycles. The van der Waals surface area contributed by atoms with Crippen molar-refractivity contribution in [3.63, 3.8) is 0 Å². The first-order valence-corrected chi connectivity index (χ1v) is 6.52. The van der Waals surface area contributed by atoms with E-state index in [1.54, 1.807) is 0 Å². The third-order valence-electron chi connectivity index (χ3n) is 3.72. The Morgan fingerprint density at radius 2 is 1.81 bits per heavy atom. The third kappa shape index (κ3) is 4.12. The molecule has 1 rings (SSSR count). The largest absolute Gasteiger partial charge is 0.357 e. The predicted molar refractivity (Wildman–Crippen MR) is 65.7 cm³/mol. The number of carbonyl (C=O) groups excluding carboxylic acids is 1. The van der Waals surface area contributed by atoms with Gasteiger partial charge in [-0.15, -0.1) is 0 Å². The standard InChI is InChI=1S/C13H26N2O/c1-13(2,3)10-4-6-11(7-5-10)15-12(16)8-9-14/h10-11H,4-9,14H2,1-3H3,(H,15,16)/p+1. The maximum absolute atomic E-state index is 11.4. The number of quaternary nitrogens is 1. The van der Waals surface area contributed by atoms with Gasteiger partial charge in [0.1, 0.15) is 0 Å². The minimum atomic E-state index is 0.175. The molecule has 1 amide bonds. The summed E-state index contributed by atoms with van der Waals surface area (Å²) in [6.07, 6.45) is 5.35. The number of hydrogen-bond donors (Lipinski definition) is 2. The van der Waals surface area contributed by atoms with E-state index in [4.69, 9.17) is 0 Å². The Balaban J connectivity index is 2.30. The molecule has 3 nitrogen and oxygen atoms in total. The molecule has 0 aromatic carbocycles. The van der Waals surface area contributed by atoms with Gasteiger partial charge in [-0.25, -0.2) is 0 Å². The van der Waals surface area contributed by atoms with Gasteiger partial charge in [-0.05, 0) is 37.0 Å². The van der Waals surface area contributed by atoms with Crippen molar-refractivity contribution in [2.24, 2.45) is 11.3 Å². The van der Waals surface area contributed by atoms with Crippen LogP contribution in [0.1, 0.15) is 52.9 Å². The average Bonchev–Trinajstić information content (AvgIpc) is 2.17. The molecule has 1 fully saturated rings. The highest BCUT2D eigenvalue weighted by atomic mass is 16.1. The molecule has 4 N–H and O–H groups in total. The quantitative estimate of drug-likeness (QED) is 0.751. The molecule has 0 unspecified atom stereocenters. The second-order valence-corrected chi connectivity index (χ2v) is 6.09. The van der Waals surface area contributed by atoms with Crippen LogP contribution in [-0.2, 0) is 4.79 Å². The molecule has 1 aliphatic rings. The van der Waals surface area contributed by atoms with Gasteiger partial charge in [-0.1, -0.05) is 20.8 Å². The number of carbonyl (C=O) groups is 1. The molecule has 0 radical (unpaired) electrons. The highest BCUT2D eigenvalue weighted by molar-refractivity contribution is 5.76. The van der Waals surface area contributed by atoms with E-state index in [0.717, 1.165) is 18.8 Å². The van der Waals surface area contributed by atoms with Crippen LogP contribution in [0.3, 0.4) is 0 Å². The Morgan fingerprint density at radius 3 is 2.25 bits per heavy atom. The van der Waals surface area contributed by atoms with Crippen LogP contribution < -0.4 is 11.1 Å². The summed E-state index contributed by atoms with van der Waals surface area (Å²) >= 11 is 0. The van der Waals surface area contributed by atoms with Crippen molar-refractivity contribution in [1.29, 1.82) is 0 Å². The highest BCUT2D eigenvalue weighted by Crippen LogP contribution is 2.37. The van der Waals surface area contributed by atoms with Crippen molar-refractivity contribution in [3.05, 3.63) is 0 Å². The molecule has 0 aromatic rings. The van der Waals surface area contributed by atoms with Crippen molar-refractivity contribution < 1.29 is 10.5 Å². The zero-order valence-electron chi connectivity index (χ0n) is 11.0. The van der Waals surface area contributed by atoms with Gasteiger partial charge in [0.25, 0.3) is 0 Å². The van der Waals surface area contributed by atoms with Crippen molar-refractivity contribution in [1.82, 2.24) is 5.32 Å². The highest BCUT2D eigenvalue weighted by Gasteiger charge is 2.29. The van der Waals surface area contributed by atoms with Gasteiger partial charge in [0.15, 0.2) is 0 Å². The normalized spacial score (nSPS) is 26.5. The monoisotopic (exact) mass is 227 g/mol.